The molecule has 30 heavy (non-hydrogen) atoms. The first-order valence-corrected chi connectivity index (χ1v) is 9.67. The van der Waals surface area contributed by atoms with Gasteiger partial charge in [0.05, 0.1) is 11.3 Å². The van der Waals surface area contributed by atoms with Crippen molar-refractivity contribution in [3.63, 3.8) is 0 Å². The molecule has 4 aromatic rings. The molecule has 0 spiro atoms. The molecule has 0 fully saturated rings. The maximum Gasteiger partial charge on any atom is 0.367 e. The second-order valence-corrected chi connectivity index (χ2v) is 6.76. The Morgan fingerprint density at radius 1 is 0.733 bits per heavy atom. The number of hydrogen-bond acceptors (Lipinski definition) is 4. The zero-order chi connectivity index (χ0) is 20.6. The lowest BCUT2D eigenvalue weighted by Gasteiger charge is -2.09. The minimum atomic E-state index is -0.533. The SMILES string of the molecule is O=C(O/N=C(/Cc1ccccc1)c1ccc(-c2ccccc2)cc1)c1cccnc1. The largest absolute Gasteiger partial charge is 0.367 e. The van der Waals surface area contributed by atoms with E-state index in [4.69, 9.17) is 4.84 Å². The highest BCUT2D eigenvalue weighted by Crippen LogP contribution is 2.20. The van der Waals surface area contributed by atoms with Gasteiger partial charge in [-0.05, 0) is 34.4 Å². The van der Waals surface area contributed by atoms with Gasteiger partial charge in [-0.2, -0.15) is 0 Å². The van der Waals surface area contributed by atoms with Crippen LogP contribution in [-0.2, 0) is 11.3 Å². The fraction of sp³-hybridized carbons (Fsp3) is 0.0385. The molecule has 0 aliphatic heterocycles. The molecule has 0 saturated carbocycles. The van der Waals surface area contributed by atoms with Crippen molar-refractivity contribution in [3.05, 3.63) is 126 Å². The standard InChI is InChI=1S/C26H20N2O2/c29-26(24-12-7-17-27-19-24)30-28-25(18-20-8-3-1-4-9-20)23-15-13-22(14-16-23)21-10-5-2-6-11-21/h1-17,19H,18H2/b28-25-. The summed E-state index contributed by atoms with van der Waals surface area (Å²) in [7, 11) is 0. The predicted octanol–water partition coefficient (Wildman–Crippen LogP) is 5.55. The Balaban J connectivity index is 1.60. The summed E-state index contributed by atoms with van der Waals surface area (Å²) in [4.78, 5) is 21.5. The quantitative estimate of drug-likeness (QED) is 0.245. The molecule has 0 amide bonds. The molecule has 0 N–H and O–H groups in total. The van der Waals surface area contributed by atoms with Crippen LogP contribution in [0.3, 0.4) is 0 Å². The highest BCUT2D eigenvalue weighted by atomic mass is 16.7. The summed E-state index contributed by atoms with van der Waals surface area (Å²) in [6.07, 6.45) is 3.62. The maximum absolute atomic E-state index is 12.3. The first-order valence-electron chi connectivity index (χ1n) is 9.67. The molecule has 4 rings (SSSR count). The van der Waals surface area contributed by atoms with Gasteiger partial charge in [-0.1, -0.05) is 90.1 Å². The molecular formula is C26H20N2O2. The minimum absolute atomic E-state index is 0.361. The lowest BCUT2D eigenvalue weighted by Crippen LogP contribution is -2.09. The highest BCUT2D eigenvalue weighted by molar-refractivity contribution is 6.02. The molecule has 0 aliphatic carbocycles. The Morgan fingerprint density at radius 2 is 1.40 bits per heavy atom. The van der Waals surface area contributed by atoms with Gasteiger partial charge in [0.2, 0.25) is 0 Å². The zero-order valence-corrected chi connectivity index (χ0v) is 16.3. The molecule has 146 valence electrons. The number of carbonyl (C=O) groups is 1. The first-order chi connectivity index (χ1) is 14.8. The van der Waals surface area contributed by atoms with Gasteiger partial charge < -0.3 is 4.84 Å². The molecule has 1 aromatic heterocycles. The maximum atomic E-state index is 12.3. The van der Waals surface area contributed by atoms with Crippen molar-refractivity contribution >= 4 is 11.7 Å². The Kier molecular flexibility index (Phi) is 6.06. The monoisotopic (exact) mass is 392 g/mol. The molecule has 0 bridgehead atoms. The van der Waals surface area contributed by atoms with Crippen LogP contribution in [0.15, 0.2) is 115 Å². The van der Waals surface area contributed by atoms with Crippen LogP contribution in [0, 0.1) is 0 Å². The summed E-state index contributed by atoms with van der Waals surface area (Å²) in [6, 6.07) is 31.6. The number of benzene rings is 3. The molecule has 0 unspecified atom stereocenters. The third-order valence-electron chi connectivity index (χ3n) is 4.68. The smallest absolute Gasteiger partial charge is 0.312 e. The number of aromatic nitrogens is 1. The molecule has 3 aromatic carbocycles. The van der Waals surface area contributed by atoms with E-state index >= 15 is 0 Å². The Bertz CT molecular complexity index is 1120. The van der Waals surface area contributed by atoms with E-state index in [-0.39, 0.29) is 0 Å². The average Bonchev–Trinajstić information content (AvgIpc) is 2.83. The van der Waals surface area contributed by atoms with Gasteiger partial charge in [0.1, 0.15) is 0 Å². The van der Waals surface area contributed by atoms with E-state index < -0.39 is 5.97 Å². The van der Waals surface area contributed by atoms with Gasteiger partial charge in [0, 0.05) is 18.8 Å². The summed E-state index contributed by atoms with van der Waals surface area (Å²) in [5, 5.41) is 4.21. The van der Waals surface area contributed by atoms with E-state index in [2.05, 4.69) is 22.3 Å². The number of hydrogen-bond donors (Lipinski definition) is 0. The second-order valence-electron chi connectivity index (χ2n) is 6.76. The Morgan fingerprint density at radius 3 is 2.07 bits per heavy atom. The van der Waals surface area contributed by atoms with Crippen molar-refractivity contribution in [2.24, 2.45) is 5.16 Å². The second kappa shape index (κ2) is 9.43. The average molecular weight is 392 g/mol. The molecule has 0 atom stereocenters. The van der Waals surface area contributed by atoms with Gasteiger partial charge in [-0.3, -0.25) is 4.98 Å². The van der Waals surface area contributed by atoms with Crippen molar-refractivity contribution in [1.29, 1.82) is 0 Å². The molecular weight excluding hydrogens is 372 g/mol. The van der Waals surface area contributed by atoms with Gasteiger partial charge in [0.25, 0.3) is 0 Å². The fourth-order valence-corrected chi connectivity index (χ4v) is 3.09. The fourth-order valence-electron chi connectivity index (χ4n) is 3.09. The van der Waals surface area contributed by atoms with Crippen molar-refractivity contribution in [3.8, 4) is 11.1 Å². The highest BCUT2D eigenvalue weighted by Gasteiger charge is 2.11. The third kappa shape index (κ3) is 4.86. The van der Waals surface area contributed by atoms with Crippen molar-refractivity contribution in [1.82, 2.24) is 4.98 Å². The predicted molar refractivity (Wildman–Crippen MR) is 118 cm³/mol. The van der Waals surface area contributed by atoms with E-state index in [1.54, 1.807) is 18.3 Å². The minimum Gasteiger partial charge on any atom is -0.312 e. The van der Waals surface area contributed by atoms with Gasteiger partial charge in [-0.25, -0.2) is 4.79 Å². The topological polar surface area (TPSA) is 51.5 Å². The van der Waals surface area contributed by atoms with E-state index in [0.29, 0.717) is 17.7 Å². The normalized spacial score (nSPS) is 11.1. The lowest BCUT2D eigenvalue weighted by molar-refractivity contribution is 0.0515. The van der Waals surface area contributed by atoms with Crippen molar-refractivity contribution in [2.45, 2.75) is 6.42 Å². The summed E-state index contributed by atoms with van der Waals surface area (Å²) >= 11 is 0. The number of nitrogens with zero attached hydrogens (tertiary/aromatic N) is 2. The Hall–Kier alpha value is -4.05. The molecule has 0 saturated heterocycles. The van der Waals surface area contributed by atoms with Crippen molar-refractivity contribution < 1.29 is 9.63 Å². The van der Waals surface area contributed by atoms with Gasteiger partial charge >= 0.3 is 5.97 Å². The van der Waals surface area contributed by atoms with Crippen molar-refractivity contribution in [2.75, 3.05) is 0 Å². The summed E-state index contributed by atoms with van der Waals surface area (Å²) < 4.78 is 0. The number of carbonyl (C=O) groups excluding carboxylic acids is 1. The third-order valence-corrected chi connectivity index (χ3v) is 4.68. The molecule has 1 heterocycles. The molecule has 0 aliphatic rings. The van der Waals surface area contributed by atoms with Crippen LogP contribution in [0.25, 0.3) is 11.1 Å². The van der Waals surface area contributed by atoms with Gasteiger partial charge in [-0.15, -0.1) is 0 Å². The molecule has 4 heteroatoms. The molecule has 0 radical (unpaired) electrons. The van der Waals surface area contributed by atoms with E-state index in [9.17, 15) is 4.79 Å². The lowest BCUT2D eigenvalue weighted by atomic mass is 9.99. The van der Waals surface area contributed by atoms with Crippen LogP contribution in [0.2, 0.25) is 0 Å². The summed E-state index contributed by atoms with van der Waals surface area (Å²) in [5.74, 6) is -0.533. The van der Waals surface area contributed by atoms with Crippen LogP contribution in [0.4, 0.5) is 0 Å². The summed E-state index contributed by atoms with van der Waals surface area (Å²) in [5.41, 5.74) is 5.29. The summed E-state index contributed by atoms with van der Waals surface area (Å²) in [6.45, 7) is 0. The van der Waals surface area contributed by atoms with Crippen LogP contribution in [0.5, 0.6) is 0 Å². The zero-order valence-electron chi connectivity index (χ0n) is 16.3. The molecule has 4 nitrogen and oxygen atoms in total. The van der Waals surface area contributed by atoms with Crippen LogP contribution in [-0.4, -0.2) is 16.7 Å². The van der Waals surface area contributed by atoms with Gasteiger partial charge in [0.15, 0.2) is 0 Å². The van der Waals surface area contributed by atoms with Crippen LogP contribution in [0.1, 0.15) is 21.5 Å². The number of pyridine rings is 1. The van der Waals surface area contributed by atoms with Crippen LogP contribution >= 0.6 is 0 Å². The van der Waals surface area contributed by atoms with E-state index in [1.807, 2.05) is 72.8 Å². The first kappa shape index (κ1) is 19.3. The Labute approximate surface area is 175 Å². The van der Waals surface area contributed by atoms with E-state index in [0.717, 1.165) is 22.3 Å². The van der Waals surface area contributed by atoms with Crippen LogP contribution < -0.4 is 0 Å². The number of oxime groups is 1. The van der Waals surface area contributed by atoms with E-state index in [1.165, 1.54) is 6.20 Å². The number of rotatable bonds is 6.